The summed E-state index contributed by atoms with van der Waals surface area (Å²) < 4.78 is 0. The highest BCUT2D eigenvalue weighted by Gasteiger charge is 2.19. The number of carbonyl (C=O) groups is 1. The van der Waals surface area contributed by atoms with Crippen molar-refractivity contribution in [1.29, 1.82) is 0 Å². The zero-order valence-electron chi connectivity index (χ0n) is 7.71. The summed E-state index contributed by atoms with van der Waals surface area (Å²) in [5, 5.41) is 3.53. The molecule has 2 rings (SSSR count). The van der Waals surface area contributed by atoms with Gasteiger partial charge in [-0.2, -0.15) is 0 Å². The van der Waals surface area contributed by atoms with Crippen LogP contribution in [0.5, 0.6) is 0 Å². The number of hydrogen-bond acceptors (Lipinski definition) is 2. The van der Waals surface area contributed by atoms with Gasteiger partial charge in [-0.25, -0.2) is 0 Å². The van der Waals surface area contributed by atoms with Crippen LogP contribution in [0.15, 0.2) is 18.2 Å². The highest BCUT2D eigenvalue weighted by atomic mass is 35.5. The van der Waals surface area contributed by atoms with Crippen LogP contribution >= 0.6 is 23.4 Å². The maximum Gasteiger partial charge on any atom is 0.237 e. The van der Waals surface area contributed by atoms with Gasteiger partial charge in [0.2, 0.25) is 5.91 Å². The number of halogens is 1. The Morgan fingerprint density at radius 3 is 3.14 bits per heavy atom. The van der Waals surface area contributed by atoms with E-state index in [1.54, 1.807) is 17.8 Å². The van der Waals surface area contributed by atoms with E-state index >= 15 is 0 Å². The third-order valence-electron chi connectivity index (χ3n) is 2.19. The molecule has 1 aliphatic heterocycles. The average molecular weight is 228 g/mol. The van der Waals surface area contributed by atoms with Gasteiger partial charge in [0, 0.05) is 16.5 Å². The van der Waals surface area contributed by atoms with Gasteiger partial charge in [-0.3, -0.25) is 4.79 Å². The van der Waals surface area contributed by atoms with E-state index in [4.69, 9.17) is 11.6 Å². The minimum Gasteiger partial charge on any atom is -0.325 e. The number of carbonyl (C=O) groups excluding carboxylic acids is 1. The van der Waals surface area contributed by atoms with Crippen LogP contribution in [0.2, 0.25) is 5.02 Å². The van der Waals surface area contributed by atoms with E-state index in [0.717, 1.165) is 17.0 Å². The molecule has 0 radical (unpaired) electrons. The Morgan fingerprint density at radius 1 is 1.57 bits per heavy atom. The molecule has 1 atom stereocenters. The number of nitrogens with one attached hydrogen (secondary N) is 1. The zero-order chi connectivity index (χ0) is 10.1. The third kappa shape index (κ3) is 1.88. The summed E-state index contributed by atoms with van der Waals surface area (Å²) in [6.45, 7) is 1.91. The molecule has 74 valence electrons. The second kappa shape index (κ2) is 3.83. The van der Waals surface area contributed by atoms with Gasteiger partial charge in [-0.1, -0.05) is 17.7 Å². The van der Waals surface area contributed by atoms with Crippen molar-refractivity contribution in [1.82, 2.24) is 0 Å². The Morgan fingerprint density at radius 2 is 2.36 bits per heavy atom. The molecule has 0 spiro atoms. The van der Waals surface area contributed by atoms with Gasteiger partial charge in [0.15, 0.2) is 0 Å². The fraction of sp³-hybridized carbons (Fsp3) is 0.300. The molecule has 0 saturated heterocycles. The Balaban J connectivity index is 2.38. The lowest BCUT2D eigenvalue weighted by Gasteiger charge is -2.06. The lowest BCUT2D eigenvalue weighted by atomic mass is 10.2. The highest BCUT2D eigenvalue weighted by Crippen LogP contribution is 2.30. The minimum absolute atomic E-state index is 0.00109. The highest BCUT2D eigenvalue weighted by molar-refractivity contribution is 7.99. The first-order chi connectivity index (χ1) is 6.66. The Kier molecular flexibility index (Phi) is 2.70. The van der Waals surface area contributed by atoms with E-state index < -0.39 is 0 Å². The molecule has 2 nitrogen and oxygen atoms in total. The lowest BCUT2D eigenvalue weighted by Crippen LogP contribution is -2.20. The topological polar surface area (TPSA) is 29.1 Å². The zero-order valence-corrected chi connectivity index (χ0v) is 9.28. The van der Waals surface area contributed by atoms with Crippen LogP contribution in [0.3, 0.4) is 0 Å². The molecule has 0 aromatic heterocycles. The van der Waals surface area contributed by atoms with Crippen LogP contribution in [0, 0.1) is 0 Å². The smallest absolute Gasteiger partial charge is 0.237 e. The lowest BCUT2D eigenvalue weighted by molar-refractivity contribution is -0.115. The summed E-state index contributed by atoms with van der Waals surface area (Å²) in [6, 6.07) is 5.61. The maximum atomic E-state index is 11.5. The van der Waals surface area contributed by atoms with Crippen molar-refractivity contribution < 1.29 is 4.79 Å². The van der Waals surface area contributed by atoms with Gasteiger partial charge in [0.05, 0.1) is 5.25 Å². The van der Waals surface area contributed by atoms with Gasteiger partial charge in [-0.05, 0) is 24.6 Å². The van der Waals surface area contributed by atoms with E-state index in [9.17, 15) is 4.79 Å². The fourth-order valence-electron chi connectivity index (χ4n) is 1.32. The first-order valence-corrected chi connectivity index (χ1v) is 5.80. The Bertz CT molecular complexity index is 380. The first kappa shape index (κ1) is 9.87. The van der Waals surface area contributed by atoms with Gasteiger partial charge < -0.3 is 5.32 Å². The quantitative estimate of drug-likeness (QED) is 0.739. The molecule has 1 heterocycles. The van der Waals surface area contributed by atoms with Crippen molar-refractivity contribution in [2.45, 2.75) is 17.9 Å². The van der Waals surface area contributed by atoms with Crippen molar-refractivity contribution in [3.8, 4) is 0 Å². The summed E-state index contributed by atoms with van der Waals surface area (Å²) in [5.41, 5.74) is 1.98. The van der Waals surface area contributed by atoms with Crippen molar-refractivity contribution in [3.05, 3.63) is 28.8 Å². The van der Waals surface area contributed by atoms with Gasteiger partial charge in [-0.15, -0.1) is 11.8 Å². The second-order valence-corrected chi connectivity index (χ2v) is 5.01. The number of thioether (sulfide) groups is 1. The summed E-state index contributed by atoms with van der Waals surface area (Å²) in [5.74, 6) is 0.905. The van der Waals surface area contributed by atoms with E-state index in [2.05, 4.69) is 5.32 Å². The van der Waals surface area contributed by atoms with Crippen LogP contribution in [0.25, 0.3) is 0 Å². The van der Waals surface area contributed by atoms with E-state index in [-0.39, 0.29) is 11.2 Å². The van der Waals surface area contributed by atoms with Crippen molar-refractivity contribution >= 4 is 35.0 Å². The Hall–Kier alpha value is -0.670. The molecule has 0 saturated carbocycles. The van der Waals surface area contributed by atoms with Gasteiger partial charge >= 0.3 is 0 Å². The molecule has 0 bridgehead atoms. The molecule has 1 aromatic carbocycles. The number of anilines is 1. The molecular formula is C10H10ClNOS. The summed E-state index contributed by atoms with van der Waals surface area (Å²) >= 11 is 7.50. The van der Waals surface area contributed by atoms with Crippen LogP contribution in [-0.4, -0.2) is 11.2 Å². The molecule has 0 aliphatic carbocycles. The molecule has 1 unspecified atom stereocenters. The SMILES string of the molecule is CC1SCc2ccc(Cl)cc2NC1=O. The minimum atomic E-state index is 0.00109. The molecule has 14 heavy (non-hydrogen) atoms. The predicted molar refractivity (Wildman–Crippen MR) is 60.8 cm³/mol. The average Bonchev–Trinajstić information content (AvgIpc) is 2.27. The molecule has 1 N–H and O–H groups in total. The number of fused-ring (bicyclic) bond motifs is 1. The molecule has 4 heteroatoms. The van der Waals surface area contributed by atoms with Crippen molar-refractivity contribution in [3.63, 3.8) is 0 Å². The van der Waals surface area contributed by atoms with Gasteiger partial charge in [0.25, 0.3) is 0 Å². The number of hydrogen-bond donors (Lipinski definition) is 1. The van der Waals surface area contributed by atoms with Crippen molar-refractivity contribution in [2.75, 3.05) is 5.32 Å². The maximum absolute atomic E-state index is 11.5. The monoisotopic (exact) mass is 227 g/mol. The summed E-state index contributed by atoms with van der Waals surface area (Å²) in [4.78, 5) is 11.5. The standard InChI is InChI=1S/C10H10ClNOS/c1-6-10(13)12-9-4-8(11)3-2-7(9)5-14-6/h2-4,6H,5H2,1H3,(H,12,13). The summed E-state index contributed by atoms with van der Waals surface area (Å²) in [6.07, 6.45) is 0. The van der Waals surface area contributed by atoms with Gasteiger partial charge in [0.1, 0.15) is 0 Å². The third-order valence-corrected chi connectivity index (χ3v) is 3.61. The van der Waals surface area contributed by atoms with E-state index in [0.29, 0.717) is 5.02 Å². The normalized spacial score (nSPS) is 21.0. The van der Waals surface area contributed by atoms with Crippen LogP contribution in [-0.2, 0) is 10.5 Å². The van der Waals surface area contributed by atoms with Crippen LogP contribution in [0.1, 0.15) is 12.5 Å². The molecular weight excluding hydrogens is 218 g/mol. The predicted octanol–water partition coefficient (Wildman–Crippen LogP) is 2.91. The van der Waals surface area contributed by atoms with Crippen molar-refractivity contribution in [2.24, 2.45) is 0 Å². The number of rotatable bonds is 0. The summed E-state index contributed by atoms with van der Waals surface area (Å²) in [7, 11) is 0. The van der Waals surface area contributed by atoms with E-state index in [1.165, 1.54) is 0 Å². The molecule has 1 aliphatic rings. The van der Waals surface area contributed by atoms with E-state index in [1.807, 2.05) is 19.1 Å². The molecule has 1 amide bonds. The van der Waals surface area contributed by atoms with Crippen LogP contribution < -0.4 is 5.32 Å². The van der Waals surface area contributed by atoms with Crippen LogP contribution in [0.4, 0.5) is 5.69 Å². The molecule has 1 aromatic rings. The number of amides is 1. The first-order valence-electron chi connectivity index (χ1n) is 4.38. The Labute approximate surface area is 92.0 Å². The largest absolute Gasteiger partial charge is 0.325 e. The second-order valence-electron chi connectivity index (χ2n) is 3.24. The number of benzene rings is 1. The molecule has 0 fully saturated rings. The fourth-order valence-corrected chi connectivity index (χ4v) is 2.38.